The summed E-state index contributed by atoms with van der Waals surface area (Å²) in [4.78, 5) is 13.7. The molecule has 0 atom stereocenters. The fraction of sp³-hybridized carbons (Fsp3) is 0.227. The molecule has 156 valence electrons. The lowest BCUT2D eigenvalue weighted by atomic mass is 9.98. The van der Waals surface area contributed by atoms with E-state index in [0.717, 1.165) is 46.6 Å². The molecule has 1 fully saturated rings. The number of nitrogens with zero attached hydrogens (tertiary/aromatic N) is 1. The molecule has 2 aromatic carbocycles. The lowest BCUT2D eigenvalue weighted by Crippen LogP contribution is -2.23. The van der Waals surface area contributed by atoms with E-state index in [0.29, 0.717) is 17.3 Å². The van der Waals surface area contributed by atoms with E-state index in [4.69, 9.17) is 11.6 Å². The summed E-state index contributed by atoms with van der Waals surface area (Å²) in [6.45, 7) is 1.63. The van der Waals surface area contributed by atoms with Crippen LogP contribution in [-0.2, 0) is 27.9 Å². The van der Waals surface area contributed by atoms with Gasteiger partial charge < -0.3 is 4.90 Å². The van der Waals surface area contributed by atoms with Crippen LogP contribution in [0.15, 0.2) is 64.9 Å². The van der Waals surface area contributed by atoms with Crippen molar-refractivity contribution in [1.29, 1.82) is 0 Å². The minimum Gasteiger partial charge on any atom is -0.338 e. The second kappa shape index (κ2) is 8.89. The number of amides is 1. The summed E-state index contributed by atoms with van der Waals surface area (Å²) in [6, 6.07) is 18.9. The molecule has 0 aliphatic carbocycles. The van der Waals surface area contributed by atoms with E-state index in [2.05, 4.69) is 4.72 Å². The van der Waals surface area contributed by atoms with Gasteiger partial charge in [0, 0.05) is 26.1 Å². The van der Waals surface area contributed by atoms with Gasteiger partial charge in [0.1, 0.15) is 4.21 Å². The van der Waals surface area contributed by atoms with E-state index in [1.165, 1.54) is 6.07 Å². The van der Waals surface area contributed by atoms with Gasteiger partial charge in [-0.2, -0.15) is 0 Å². The smallest absolute Gasteiger partial charge is 0.250 e. The van der Waals surface area contributed by atoms with Crippen LogP contribution in [0.4, 0.5) is 0 Å². The van der Waals surface area contributed by atoms with Crippen molar-refractivity contribution in [3.8, 4) is 11.1 Å². The molecule has 0 bridgehead atoms. The molecule has 5 nitrogen and oxygen atoms in total. The molecule has 0 unspecified atom stereocenters. The number of hydrogen-bond donors (Lipinski definition) is 1. The Balaban J connectivity index is 1.49. The number of benzene rings is 2. The second-order valence-corrected chi connectivity index (χ2v) is 10.9. The molecule has 0 saturated carbocycles. The van der Waals surface area contributed by atoms with Gasteiger partial charge >= 0.3 is 0 Å². The maximum Gasteiger partial charge on any atom is 0.250 e. The van der Waals surface area contributed by atoms with E-state index in [-0.39, 0.29) is 16.7 Å². The highest BCUT2D eigenvalue weighted by atomic mass is 35.5. The van der Waals surface area contributed by atoms with Gasteiger partial charge in [-0.3, -0.25) is 4.79 Å². The fourth-order valence-electron chi connectivity index (χ4n) is 3.52. The molecular weight excluding hydrogens is 440 g/mol. The summed E-state index contributed by atoms with van der Waals surface area (Å²) in [5, 5.41) is 0. The van der Waals surface area contributed by atoms with Crippen molar-refractivity contribution >= 4 is 38.9 Å². The largest absolute Gasteiger partial charge is 0.338 e. The van der Waals surface area contributed by atoms with Gasteiger partial charge in [0.05, 0.1) is 4.34 Å². The summed E-state index contributed by atoms with van der Waals surface area (Å²) in [7, 11) is -3.62. The average Bonchev–Trinajstić information content (AvgIpc) is 3.36. The zero-order valence-corrected chi connectivity index (χ0v) is 18.6. The minimum atomic E-state index is -3.62. The Morgan fingerprint density at radius 3 is 2.47 bits per heavy atom. The first-order valence-electron chi connectivity index (χ1n) is 9.62. The number of sulfonamides is 1. The van der Waals surface area contributed by atoms with Crippen molar-refractivity contribution in [3.63, 3.8) is 0 Å². The highest BCUT2D eigenvalue weighted by Crippen LogP contribution is 2.27. The molecule has 1 saturated heterocycles. The molecule has 1 N–H and O–H groups in total. The summed E-state index contributed by atoms with van der Waals surface area (Å²) >= 11 is 6.90. The van der Waals surface area contributed by atoms with Gasteiger partial charge in [0.25, 0.3) is 0 Å². The Kier molecular flexibility index (Phi) is 6.24. The highest BCUT2D eigenvalue weighted by molar-refractivity contribution is 7.91. The zero-order chi connectivity index (χ0) is 21.1. The summed E-state index contributed by atoms with van der Waals surface area (Å²) in [6.07, 6.45) is 1.57. The van der Waals surface area contributed by atoms with Gasteiger partial charge in [0.15, 0.2) is 0 Å². The van der Waals surface area contributed by atoms with E-state index in [1.54, 1.807) is 6.07 Å². The van der Waals surface area contributed by atoms with Crippen LogP contribution in [0, 0.1) is 0 Å². The summed E-state index contributed by atoms with van der Waals surface area (Å²) in [5.41, 5.74) is 3.93. The Hall–Kier alpha value is -2.19. The topological polar surface area (TPSA) is 66.5 Å². The maximum absolute atomic E-state index is 12.5. The molecule has 0 radical (unpaired) electrons. The number of carbonyl (C=O) groups is 1. The lowest BCUT2D eigenvalue weighted by Gasteiger charge is -2.16. The zero-order valence-electron chi connectivity index (χ0n) is 16.2. The third kappa shape index (κ3) is 4.75. The number of rotatable bonds is 7. The van der Waals surface area contributed by atoms with Crippen LogP contribution in [0.5, 0.6) is 0 Å². The Morgan fingerprint density at radius 2 is 1.80 bits per heavy atom. The van der Waals surface area contributed by atoms with Gasteiger partial charge in [-0.15, -0.1) is 11.3 Å². The maximum atomic E-state index is 12.5. The van der Waals surface area contributed by atoms with E-state index in [1.807, 2.05) is 53.4 Å². The standard InChI is InChI=1S/C22H21ClN2O3S2/c23-20-11-12-22(29-20)30(27,28)24-14-18-4-1-2-5-19(18)17-9-7-16(8-10-17)15-25-13-3-6-21(25)26/h1-2,4-5,7-12,24H,3,6,13-15H2. The van der Waals surface area contributed by atoms with Crippen LogP contribution in [0.1, 0.15) is 24.0 Å². The van der Waals surface area contributed by atoms with E-state index in [9.17, 15) is 13.2 Å². The number of carbonyl (C=O) groups excluding carboxylic acids is 1. The number of nitrogens with one attached hydrogen (secondary N) is 1. The molecule has 1 aromatic heterocycles. The molecule has 4 rings (SSSR count). The summed E-state index contributed by atoms with van der Waals surface area (Å²) in [5.74, 6) is 0.212. The third-order valence-electron chi connectivity index (χ3n) is 5.09. The van der Waals surface area contributed by atoms with E-state index < -0.39 is 10.0 Å². The first-order valence-corrected chi connectivity index (χ1v) is 12.3. The summed E-state index contributed by atoms with van der Waals surface area (Å²) < 4.78 is 28.3. The average molecular weight is 461 g/mol. The Bertz CT molecular complexity index is 1160. The molecular formula is C22H21ClN2O3S2. The van der Waals surface area contributed by atoms with Crippen molar-refractivity contribution < 1.29 is 13.2 Å². The van der Waals surface area contributed by atoms with Gasteiger partial charge in [-0.25, -0.2) is 13.1 Å². The van der Waals surface area contributed by atoms with Crippen LogP contribution < -0.4 is 4.72 Å². The van der Waals surface area contributed by atoms with Crippen molar-refractivity contribution in [3.05, 3.63) is 76.1 Å². The number of likely N-dealkylation sites (tertiary alicyclic amines) is 1. The Morgan fingerprint density at radius 1 is 1.03 bits per heavy atom. The molecule has 3 aromatic rings. The molecule has 2 heterocycles. The Labute approximate surface area is 185 Å². The number of hydrogen-bond acceptors (Lipinski definition) is 4. The van der Waals surface area contributed by atoms with Crippen LogP contribution in [-0.4, -0.2) is 25.8 Å². The quantitative estimate of drug-likeness (QED) is 0.557. The van der Waals surface area contributed by atoms with Crippen LogP contribution in [0.3, 0.4) is 0 Å². The minimum absolute atomic E-state index is 0.179. The first-order chi connectivity index (χ1) is 14.4. The fourth-order valence-corrected chi connectivity index (χ4v) is 6.06. The van der Waals surface area contributed by atoms with Crippen molar-refractivity contribution in [2.45, 2.75) is 30.1 Å². The van der Waals surface area contributed by atoms with Gasteiger partial charge in [-0.1, -0.05) is 60.1 Å². The predicted molar refractivity (Wildman–Crippen MR) is 120 cm³/mol. The molecule has 1 amide bonds. The normalized spacial score (nSPS) is 14.4. The number of thiophene rings is 1. The molecule has 30 heavy (non-hydrogen) atoms. The van der Waals surface area contributed by atoms with Crippen LogP contribution >= 0.6 is 22.9 Å². The van der Waals surface area contributed by atoms with Crippen LogP contribution in [0.25, 0.3) is 11.1 Å². The molecule has 1 aliphatic rings. The lowest BCUT2D eigenvalue weighted by molar-refractivity contribution is -0.128. The molecule has 1 aliphatic heterocycles. The third-order valence-corrected chi connectivity index (χ3v) is 8.22. The van der Waals surface area contributed by atoms with Crippen molar-refractivity contribution in [1.82, 2.24) is 9.62 Å². The number of halogens is 1. The second-order valence-electron chi connectivity index (χ2n) is 7.16. The van der Waals surface area contributed by atoms with Crippen LogP contribution in [0.2, 0.25) is 4.34 Å². The van der Waals surface area contributed by atoms with Gasteiger partial charge in [0.2, 0.25) is 15.9 Å². The molecule has 8 heteroatoms. The van der Waals surface area contributed by atoms with E-state index >= 15 is 0 Å². The first kappa shape index (κ1) is 21.1. The predicted octanol–water partition coefficient (Wildman–Crippen LogP) is 4.67. The monoisotopic (exact) mass is 460 g/mol. The molecule has 0 spiro atoms. The highest BCUT2D eigenvalue weighted by Gasteiger charge is 2.20. The SMILES string of the molecule is O=C1CCCN1Cc1ccc(-c2ccccc2CNS(=O)(=O)c2ccc(Cl)s2)cc1. The van der Waals surface area contributed by atoms with Crippen molar-refractivity contribution in [2.24, 2.45) is 0 Å². The van der Waals surface area contributed by atoms with Crippen molar-refractivity contribution in [2.75, 3.05) is 6.54 Å². The van der Waals surface area contributed by atoms with Gasteiger partial charge in [-0.05, 0) is 40.8 Å².